The SMILES string of the molecule is Cc1cccc(C(=O)N2CC[C@H](N3CCN(C)CC3)[C@H](CCC(=O)O)C2)c1O. The van der Waals surface area contributed by atoms with Crippen LogP contribution in [0.25, 0.3) is 0 Å². The summed E-state index contributed by atoms with van der Waals surface area (Å²) in [5.41, 5.74) is 1.01. The molecule has 2 aliphatic heterocycles. The number of aromatic hydroxyl groups is 1. The molecule has 7 heteroatoms. The Morgan fingerprint density at radius 1 is 1.14 bits per heavy atom. The predicted molar refractivity (Wildman–Crippen MR) is 107 cm³/mol. The Morgan fingerprint density at radius 3 is 2.54 bits per heavy atom. The highest BCUT2D eigenvalue weighted by atomic mass is 16.4. The number of piperidine rings is 1. The Kier molecular flexibility index (Phi) is 6.57. The summed E-state index contributed by atoms with van der Waals surface area (Å²) in [6.45, 7) is 6.95. The van der Waals surface area contributed by atoms with Gasteiger partial charge in [-0.3, -0.25) is 14.5 Å². The van der Waals surface area contributed by atoms with E-state index >= 15 is 0 Å². The van der Waals surface area contributed by atoms with Crippen LogP contribution >= 0.6 is 0 Å². The van der Waals surface area contributed by atoms with Crippen molar-refractivity contribution in [3.8, 4) is 5.75 Å². The molecule has 1 amide bonds. The van der Waals surface area contributed by atoms with Gasteiger partial charge < -0.3 is 20.0 Å². The van der Waals surface area contributed by atoms with Crippen molar-refractivity contribution in [2.24, 2.45) is 5.92 Å². The number of phenolic OH excluding ortho intramolecular Hbond substituents is 1. The fourth-order valence-electron chi connectivity index (χ4n) is 4.43. The average molecular weight is 389 g/mol. The number of aliphatic carboxylic acids is 1. The van der Waals surface area contributed by atoms with Gasteiger partial charge in [0.25, 0.3) is 5.91 Å². The Morgan fingerprint density at radius 2 is 1.86 bits per heavy atom. The van der Waals surface area contributed by atoms with Crippen molar-refractivity contribution in [2.45, 2.75) is 32.2 Å². The lowest BCUT2D eigenvalue weighted by atomic mass is 9.86. The van der Waals surface area contributed by atoms with E-state index in [-0.39, 0.29) is 24.0 Å². The minimum atomic E-state index is -0.795. The molecule has 0 aromatic heterocycles. The highest BCUT2D eigenvalue weighted by Crippen LogP contribution is 2.30. The molecular weight excluding hydrogens is 358 g/mol. The third-order valence-electron chi connectivity index (χ3n) is 6.19. The first-order chi connectivity index (χ1) is 13.4. The van der Waals surface area contributed by atoms with E-state index in [1.807, 2.05) is 0 Å². The van der Waals surface area contributed by atoms with E-state index in [1.54, 1.807) is 30.0 Å². The second-order valence-electron chi connectivity index (χ2n) is 8.11. The Bertz CT molecular complexity index is 716. The van der Waals surface area contributed by atoms with Crippen LogP contribution in [0.2, 0.25) is 0 Å². The predicted octanol–water partition coefficient (Wildman–Crippen LogP) is 1.64. The summed E-state index contributed by atoms with van der Waals surface area (Å²) in [4.78, 5) is 30.7. The van der Waals surface area contributed by atoms with Gasteiger partial charge in [0.1, 0.15) is 5.75 Å². The maximum absolute atomic E-state index is 13.0. The normalized spacial score (nSPS) is 24.3. The Balaban J connectivity index is 1.73. The maximum Gasteiger partial charge on any atom is 0.303 e. The third kappa shape index (κ3) is 4.64. The monoisotopic (exact) mass is 389 g/mol. The van der Waals surface area contributed by atoms with Gasteiger partial charge >= 0.3 is 5.97 Å². The smallest absolute Gasteiger partial charge is 0.303 e. The van der Waals surface area contributed by atoms with Gasteiger partial charge in [0.15, 0.2) is 0 Å². The number of rotatable bonds is 5. The molecule has 2 aliphatic rings. The lowest BCUT2D eigenvalue weighted by Crippen LogP contribution is -2.57. The van der Waals surface area contributed by atoms with Crippen molar-refractivity contribution in [2.75, 3.05) is 46.3 Å². The highest BCUT2D eigenvalue weighted by molar-refractivity contribution is 5.97. The first-order valence-electron chi connectivity index (χ1n) is 10.1. The number of benzene rings is 1. The number of hydrogen-bond donors (Lipinski definition) is 2. The standard InChI is InChI=1S/C21H31N3O4/c1-15-4-3-5-17(20(15)27)21(28)24-9-8-18(16(14-24)6-7-19(25)26)23-12-10-22(2)11-13-23/h3-5,16,18,27H,6-14H2,1-2H3,(H,25,26)/t16-,18+/m1/s1. The van der Waals surface area contributed by atoms with Crippen LogP contribution in [0.1, 0.15) is 35.2 Å². The number of hydrogen-bond acceptors (Lipinski definition) is 5. The van der Waals surface area contributed by atoms with Crippen LogP contribution in [0.4, 0.5) is 0 Å². The minimum absolute atomic E-state index is 0.0378. The van der Waals surface area contributed by atoms with Crippen LogP contribution in [0, 0.1) is 12.8 Å². The topological polar surface area (TPSA) is 84.3 Å². The fraction of sp³-hybridized carbons (Fsp3) is 0.619. The van der Waals surface area contributed by atoms with Crippen molar-refractivity contribution in [3.63, 3.8) is 0 Å². The van der Waals surface area contributed by atoms with Gasteiger partial charge in [-0.05, 0) is 44.4 Å². The number of carbonyl (C=O) groups is 2. The lowest BCUT2D eigenvalue weighted by Gasteiger charge is -2.46. The zero-order valence-electron chi connectivity index (χ0n) is 16.8. The zero-order valence-corrected chi connectivity index (χ0v) is 16.8. The molecule has 2 atom stereocenters. The summed E-state index contributed by atoms with van der Waals surface area (Å²) in [7, 11) is 2.12. The number of amides is 1. The average Bonchev–Trinajstić information content (AvgIpc) is 2.68. The first kappa shape index (κ1) is 20.6. The number of carbonyl (C=O) groups excluding carboxylic acids is 1. The molecule has 2 heterocycles. The van der Waals surface area contributed by atoms with Crippen LogP contribution < -0.4 is 0 Å². The number of carboxylic acids is 1. The van der Waals surface area contributed by atoms with Crippen molar-refractivity contribution in [1.29, 1.82) is 0 Å². The molecule has 0 aliphatic carbocycles. The lowest BCUT2D eigenvalue weighted by molar-refractivity contribution is -0.137. The van der Waals surface area contributed by atoms with Gasteiger partial charge in [-0.2, -0.15) is 0 Å². The maximum atomic E-state index is 13.0. The summed E-state index contributed by atoms with van der Waals surface area (Å²) >= 11 is 0. The number of phenols is 1. The summed E-state index contributed by atoms with van der Waals surface area (Å²) in [5, 5.41) is 19.4. The minimum Gasteiger partial charge on any atom is -0.507 e. The summed E-state index contributed by atoms with van der Waals surface area (Å²) in [6.07, 6.45) is 1.52. The Hall–Kier alpha value is -2.12. The number of likely N-dealkylation sites (N-methyl/N-ethyl adjacent to an activating group) is 1. The molecule has 7 nitrogen and oxygen atoms in total. The van der Waals surface area contributed by atoms with Crippen molar-refractivity contribution in [3.05, 3.63) is 29.3 Å². The number of likely N-dealkylation sites (tertiary alicyclic amines) is 1. The third-order valence-corrected chi connectivity index (χ3v) is 6.19. The molecule has 3 rings (SSSR count). The molecule has 2 fully saturated rings. The zero-order chi connectivity index (χ0) is 20.3. The van der Waals surface area contributed by atoms with Crippen LogP contribution in [-0.2, 0) is 4.79 Å². The van der Waals surface area contributed by atoms with E-state index in [9.17, 15) is 14.7 Å². The van der Waals surface area contributed by atoms with Gasteiger partial charge in [-0.1, -0.05) is 12.1 Å². The number of para-hydroxylation sites is 1. The Labute approximate surface area is 166 Å². The molecule has 2 saturated heterocycles. The van der Waals surface area contributed by atoms with Crippen molar-refractivity contribution in [1.82, 2.24) is 14.7 Å². The quantitative estimate of drug-likeness (QED) is 0.797. The highest BCUT2D eigenvalue weighted by Gasteiger charge is 2.36. The number of carboxylic acid groups (broad SMARTS) is 1. The van der Waals surface area contributed by atoms with Crippen LogP contribution in [0.15, 0.2) is 18.2 Å². The van der Waals surface area contributed by atoms with Gasteiger partial charge in [0, 0.05) is 51.7 Å². The number of aryl methyl sites for hydroxylation is 1. The van der Waals surface area contributed by atoms with Gasteiger partial charge in [0.05, 0.1) is 5.56 Å². The molecule has 0 spiro atoms. The van der Waals surface area contributed by atoms with Gasteiger partial charge in [0.2, 0.25) is 0 Å². The fourth-order valence-corrected chi connectivity index (χ4v) is 4.43. The van der Waals surface area contributed by atoms with E-state index in [4.69, 9.17) is 5.11 Å². The molecule has 2 N–H and O–H groups in total. The van der Waals surface area contributed by atoms with Crippen LogP contribution in [-0.4, -0.2) is 89.1 Å². The van der Waals surface area contributed by atoms with Crippen molar-refractivity contribution < 1.29 is 19.8 Å². The largest absolute Gasteiger partial charge is 0.507 e. The summed E-state index contributed by atoms with van der Waals surface area (Å²) in [6, 6.07) is 5.52. The molecule has 1 aromatic carbocycles. The molecule has 0 unspecified atom stereocenters. The molecular formula is C21H31N3O4. The van der Waals surface area contributed by atoms with E-state index in [1.165, 1.54) is 0 Å². The molecule has 1 aromatic rings. The molecule has 28 heavy (non-hydrogen) atoms. The summed E-state index contributed by atoms with van der Waals surface area (Å²) < 4.78 is 0. The molecule has 0 radical (unpaired) electrons. The second kappa shape index (κ2) is 8.92. The molecule has 0 saturated carbocycles. The summed E-state index contributed by atoms with van der Waals surface area (Å²) in [5.74, 6) is -0.796. The van der Waals surface area contributed by atoms with Crippen molar-refractivity contribution >= 4 is 11.9 Å². The van der Waals surface area contributed by atoms with E-state index in [2.05, 4.69) is 16.8 Å². The first-order valence-corrected chi connectivity index (χ1v) is 10.1. The van der Waals surface area contributed by atoms with Gasteiger partial charge in [-0.25, -0.2) is 0 Å². The van der Waals surface area contributed by atoms with Crippen LogP contribution in [0.5, 0.6) is 5.75 Å². The van der Waals surface area contributed by atoms with E-state index in [0.717, 1.165) is 32.6 Å². The van der Waals surface area contributed by atoms with E-state index in [0.29, 0.717) is 36.7 Å². The number of piperazine rings is 1. The van der Waals surface area contributed by atoms with Crippen LogP contribution in [0.3, 0.4) is 0 Å². The van der Waals surface area contributed by atoms with E-state index < -0.39 is 5.97 Å². The number of nitrogens with zero attached hydrogens (tertiary/aromatic N) is 3. The van der Waals surface area contributed by atoms with Gasteiger partial charge in [-0.15, -0.1) is 0 Å². The molecule has 0 bridgehead atoms. The molecule has 154 valence electrons. The second-order valence-corrected chi connectivity index (χ2v) is 8.11.